The molecule has 7 aliphatic rings. The van der Waals surface area contributed by atoms with E-state index in [1.165, 1.54) is 90.0 Å². The first kappa shape index (κ1) is 75.6. The summed E-state index contributed by atoms with van der Waals surface area (Å²) in [4.78, 5) is 193. The molecule has 9 aromatic carbocycles. The fraction of sp³-hybridized carbons (Fsp3) is 0.155. The molecule has 116 heavy (non-hydrogen) atoms. The summed E-state index contributed by atoms with van der Waals surface area (Å²) in [5, 5.41) is 0. The van der Waals surface area contributed by atoms with Crippen molar-refractivity contribution in [2.45, 2.75) is 97.3 Å². The van der Waals surface area contributed by atoms with Crippen LogP contribution in [0.15, 0.2) is 249 Å². The summed E-state index contributed by atoms with van der Waals surface area (Å²) < 4.78 is 0. The van der Waals surface area contributed by atoms with Gasteiger partial charge in [-0.15, -0.1) is 0 Å². The van der Waals surface area contributed by atoms with Gasteiger partial charge in [0.1, 0.15) is 11.8 Å². The summed E-state index contributed by atoms with van der Waals surface area (Å²) in [6.07, 6.45) is 17.6. The molecule has 0 aromatic heterocycles. The van der Waals surface area contributed by atoms with Crippen molar-refractivity contribution in [1.82, 2.24) is 0 Å². The highest BCUT2D eigenvalue weighted by molar-refractivity contribution is 6.32. The smallest absolute Gasteiger partial charge is 0.258 e. The minimum Gasteiger partial charge on any atom is -0.294 e. The number of imide groups is 5. The molecule has 9 aromatic rings. The maximum atomic E-state index is 14.4. The van der Waals surface area contributed by atoms with Crippen molar-refractivity contribution in [3.8, 4) is 0 Å². The number of nitrogens with zero attached hydrogens (tertiary/aromatic N) is 5. The van der Waals surface area contributed by atoms with E-state index in [2.05, 4.69) is 0 Å². The van der Waals surface area contributed by atoms with Crippen LogP contribution in [0.4, 0.5) is 28.4 Å². The third-order valence-corrected chi connectivity index (χ3v) is 23.1. The summed E-state index contributed by atoms with van der Waals surface area (Å²) in [7, 11) is 0. The van der Waals surface area contributed by atoms with Gasteiger partial charge in [0.15, 0.2) is 23.1 Å². The van der Waals surface area contributed by atoms with E-state index in [4.69, 9.17) is 0 Å². The van der Waals surface area contributed by atoms with Crippen LogP contribution < -0.4 is 24.5 Å². The van der Waals surface area contributed by atoms with Gasteiger partial charge in [-0.3, -0.25) is 67.1 Å². The molecular weight excluding hydrogens is 1460 g/mol. The molecular formula is C97H73N5O14. The van der Waals surface area contributed by atoms with Crippen molar-refractivity contribution in [3.05, 3.63) is 371 Å². The standard InChI is InChI=1S/C97H73N5O14/c1-51-41-63(17-22-71(51)94-77(103)27-28-78(94)104)73(59-9-11-61(12-10-59)92(66-20-25-75(54(4)44-66)99-83(109)33-34-84(99)110)68-46-56(6)96(57(7)47-68)101-87(113)37-38-88(101)114)50-70-49-69(48-58(8)97(70)102-89(115)39-40-90(102)116)93(67-21-26-76(55(5)45-67)100-85(111)35-36-86(100)112)62-15-13-60(14-16-62)91(64-18-23-72(52(2)42-64)95-79(105)29-30-80(95)106)65-19-24-74(53(3)43-65)98-81(107)31-32-82(98)108/h9-49,73,91-95H,50H2,1-8H3. The van der Waals surface area contributed by atoms with Crippen LogP contribution in [0.3, 0.4) is 0 Å². The first-order valence-electron chi connectivity index (χ1n) is 37.9. The maximum absolute atomic E-state index is 14.4. The Balaban J connectivity index is 0.855. The van der Waals surface area contributed by atoms with Crippen molar-refractivity contribution in [2.24, 2.45) is 0 Å². The molecule has 5 heterocycles. The molecule has 2 aliphatic carbocycles. The van der Waals surface area contributed by atoms with Crippen LogP contribution in [-0.4, -0.2) is 82.2 Å². The van der Waals surface area contributed by atoms with E-state index in [-0.39, 0.29) is 29.6 Å². The first-order chi connectivity index (χ1) is 55.6. The van der Waals surface area contributed by atoms with Gasteiger partial charge < -0.3 is 0 Å². The Kier molecular flexibility index (Phi) is 19.3. The Morgan fingerprint density at radius 2 is 0.466 bits per heavy atom. The Hall–Kier alpha value is -14.5. The molecule has 0 saturated heterocycles. The number of carbonyl (C=O) groups is 14. The largest absolute Gasteiger partial charge is 0.294 e. The number of benzene rings is 9. The van der Waals surface area contributed by atoms with Gasteiger partial charge in [-0.2, -0.15) is 0 Å². The number of rotatable bonds is 20. The second-order valence-corrected chi connectivity index (χ2v) is 30.5. The summed E-state index contributed by atoms with van der Waals surface area (Å²) in [5.41, 5.74) is 17.2. The van der Waals surface area contributed by atoms with Crippen LogP contribution in [0.2, 0.25) is 0 Å². The molecule has 16 rings (SSSR count). The van der Waals surface area contributed by atoms with Gasteiger partial charge in [0.25, 0.3) is 59.1 Å². The van der Waals surface area contributed by atoms with Gasteiger partial charge in [-0.25, -0.2) is 24.5 Å². The second kappa shape index (κ2) is 29.6. The first-order valence-corrected chi connectivity index (χ1v) is 37.9. The minimum absolute atomic E-state index is 0.113. The molecule has 0 radical (unpaired) electrons. The fourth-order valence-corrected chi connectivity index (χ4v) is 17.7. The van der Waals surface area contributed by atoms with Gasteiger partial charge in [0.2, 0.25) is 0 Å². The third kappa shape index (κ3) is 13.3. The van der Waals surface area contributed by atoms with Gasteiger partial charge in [0.05, 0.1) is 28.4 Å². The third-order valence-electron chi connectivity index (χ3n) is 23.1. The van der Waals surface area contributed by atoms with Crippen molar-refractivity contribution >= 4 is 111 Å². The van der Waals surface area contributed by atoms with Gasteiger partial charge in [-0.1, -0.05) is 146 Å². The summed E-state index contributed by atoms with van der Waals surface area (Å²) in [6.45, 7) is 14.7. The number of carbonyl (C=O) groups excluding carboxylic acids is 14. The number of aryl methyl sites for hydroxylation is 8. The quantitative estimate of drug-likeness (QED) is 0.0391. The molecule has 4 unspecified atom stereocenters. The minimum atomic E-state index is -1.04. The molecule has 0 N–H and O–H groups in total. The van der Waals surface area contributed by atoms with E-state index >= 15 is 0 Å². The molecule has 4 atom stereocenters. The number of anilines is 5. The van der Waals surface area contributed by atoms with E-state index in [0.717, 1.165) is 75.2 Å². The van der Waals surface area contributed by atoms with E-state index in [1.807, 2.05) is 195 Å². The van der Waals surface area contributed by atoms with E-state index < -0.39 is 94.6 Å². The number of hydrogen-bond donors (Lipinski definition) is 0. The van der Waals surface area contributed by atoms with E-state index in [1.54, 1.807) is 24.3 Å². The lowest BCUT2D eigenvalue weighted by Crippen LogP contribution is -2.31. The van der Waals surface area contributed by atoms with Crippen LogP contribution in [-0.2, 0) is 73.5 Å². The summed E-state index contributed by atoms with van der Waals surface area (Å²) in [5.74, 6) is -10.7. The SMILES string of the molecule is Cc1cc(C(Cc2cc(C(c3ccc(C(c4ccc(C5C(=O)C=CC5=O)c(C)c4)c4ccc(N5C(=O)C=CC5=O)c(C)c4)cc3)c3ccc(N4C(=O)C=CC4=O)c(C)c3)cc(C)c2N2C(=O)C=CC2=O)c2ccc(C(c3ccc(N4C(=O)C=CC4=O)c(C)c3)c3cc(C)c(N4C(=O)C=CC4=O)c(C)c3)cc2)ccc1C1C(=O)C=CC1=O. The Bertz CT molecular complexity index is 6000. The molecule has 570 valence electrons. The lowest BCUT2D eigenvalue weighted by molar-refractivity contribution is -0.124. The van der Waals surface area contributed by atoms with Crippen LogP contribution >= 0.6 is 0 Å². The molecule has 10 amide bonds. The predicted octanol–water partition coefficient (Wildman–Crippen LogP) is 13.8. The molecule has 5 aliphatic heterocycles. The number of hydrogen-bond acceptors (Lipinski definition) is 14. The average Bonchev–Trinajstić information content (AvgIpc) is 1.47. The van der Waals surface area contributed by atoms with Gasteiger partial charge >= 0.3 is 0 Å². The lowest BCUT2D eigenvalue weighted by atomic mass is 9.78. The zero-order chi connectivity index (χ0) is 81.7. The Labute approximate surface area is 667 Å². The van der Waals surface area contributed by atoms with E-state index in [9.17, 15) is 67.1 Å². The van der Waals surface area contributed by atoms with Crippen molar-refractivity contribution in [2.75, 3.05) is 24.5 Å². The van der Waals surface area contributed by atoms with Crippen LogP contribution in [0.25, 0.3) is 0 Å². The lowest BCUT2D eigenvalue weighted by Gasteiger charge is -2.29. The highest BCUT2D eigenvalue weighted by Gasteiger charge is 2.39. The van der Waals surface area contributed by atoms with Gasteiger partial charge in [-0.05, 0) is 227 Å². The molecule has 19 heteroatoms. The number of amides is 10. The molecule has 0 bridgehead atoms. The zero-order valence-electron chi connectivity index (χ0n) is 64.3. The molecule has 0 fully saturated rings. The Morgan fingerprint density at radius 3 is 0.793 bits per heavy atom. The van der Waals surface area contributed by atoms with Crippen molar-refractivity contribution in [1.29, 1.82) is 0 Å². The Morgan fingerprint density at radius 1 is 0.224 bits per heavy atom. The average molecular weight is 1530 g/mol. The number of allylic oxidation sites excluding steroid dienone is 4. The highest BCUT2D eigenvalue weighted by atomic mass is 16.2. The maximum Gasteiger partial charge on any atom is 0.258 e. The van der Waals surface area contributed by atoms with Crippen molar-refractivity contribution < 1.29 is 67.1 Å². The fourth-order valence-electron chi connectivity index (χ4n) is 17.7. The number of ketones is 4. The highest BCUT2D eigenvalue weighted by Crippen LogP contribution is 2.47. The summed E-state index contributed by atoms with van der Waals surface area (Å²) >= 11 is 0. The predicted molar refractivity (Wildman–Crippen MR) is 436 cm³/mol. The monoisotopic (exact) mass is 1530 g/mol. The molecule has 19 nitrogen and oxygen atoms in total. The van der Waals surface area contributed by atoms with Crippen LogP contribution in [0, 0.1) is 55.4 Å². The summed E-state index contributed by atoms with van der Waals surface area (Å²) in [6, 6.07) is 51.8. The topological polar surface area (TPSA) is 255 Å². The van der Waals surface area contributed by atoms with Gasteiger partial charge in [0, 0.05) is 84.4 Å². The van der Waals surface area contributed by atoms with Crippen LogP contribution in [0.1, 0.15) is 158 Å². The normalized spacial score (nSPS) is 17.2. The second-order valence-electron chi connectivity index (χ2n) is 30.5. The molecule has 0 spiro atoms. The van der Waals surface area contributed by atoms with Crippen LogP contribution in [0.5, 0.6) is 0 Å². The molecule has 0 saturated carbocycles. The zero-order valence-corrected chi connectivity index (χ0v) is 64.3. The van der Waals surface area contributed by atoms with E-state index in [0.29, 0.717) is 95.2 Å². The van der Waals surface area contributed by atoms with Crippen molar-refractivity contribution in [3.63, 3.8) is 0 Å².